The number of rotatable bonds is 3. The Morgan fingerprint density at radius 2 is 2.00 bits per heavy atom. The summed E-state index contributed by atoms with van der Waals surface area (Å²) in [6.45, 7) is 1.45. The molecule has 2 rings (SSSR count). The third-order valence-corrected chi connectivity index (χ3v) is 3.08. The van der Waals surface area contributed by atoms with Crippen LogP contribution in [0.15, 0.2) is 18.2 Å². The number of aliphatic carboxylic acids is 1. The van der Waals surface area contributed by atoms with Gasteiger partial charge in [0.25, 0.3) is 5.91 Å². The van der Waals surface area contributed by atoms with Gasteiger partial charge in [0.1, 0.15) is 6.04 Å². The molecule has 0 aromatic heterocycles. The fraction of sp³-hybridized carbons (Fsp3) is 0.385. The van der Waals surface area contributed by atoms with Crippen LogP contribution in [0, 0.1) is 0 Å². The summed E-state index contributed by atoms with van der Waals surface area (Å²) in [6.07, 6.45) is 3.21. The van der Waals surface area contributed by atoms with Gasteiger partial charge in [-0.3, -0.25) is 9.59 Å². The van der Waals surface area contributed by atoms with E-state index in [1.165, 1.54) is 18.1 Å². The van der Waals surface area contributed by atoms with E-state index in [0.29, 0.717) is 5.56 Å². The number of fused-ring (bicyclic) bond motifs is 1. The van der Waals surface area contributed by atoms with Gasteiger partial charge in [0.2, 0.25) is 0 Å². The van der Waals surface area contributed by atoms with Crippen molar-refractivity contribution < 1.29 is 14.7 Å². The Bertz CT molecular complexity index is 468. The van der Waals surface area contributed by atoms with Crippen molar-refractivity contribution in [2.45, 2.75) is 32.2 Å². The summed E-state index contributed by atoms with van der Waals surface area (Å²) in [7, 11) is 0. The monoisotopic (exact) mass is 233 g/mol. The van der Waals surface area contributed by atoms with Crippen LogP contribution in [-0.4, -0.2) is 23.0 Å². The Labute approximate surface area is 99.6 Å². The van der Waals surface area contributed by atoms with Crippen molar-refractivity contribution in [1.29, 1.82) is 0 Å². The number of hydrogen-bond acceptors (Lipinski definition) is 2. The molecule has 2 N–H and O–H groups in total. The first-order valence-electron chi connectivity index (χ1n) is 5.73. The van der Waals surface area contributed by atoms with E-state index >= 15 is 0 Å². The summed E-state index contributed by atoms with van der Waals surface area (Å²) >= 11 is 0. The van der Waals surface area contributed by atoms with Crippen LogP contribution in [0.5, 0.6) is 0 Å². The first-order chi connectivity index (χ1) is 8.08. The molecular weight excluding hydrogens is 218 g/mol. The number of carbonyl (C=O) groups excluding carboxylic acids is 1. The molecular formula is C13H15NO3. The lowest BCUT2D eigenvalue weighted by atomic mass is 10.1. The van der Waals surface area contributed by atoms with Crippen molar-refractivity contribution in [2.75, 3.05) is 0 Å². The van der Waals surface area contributed by atoms with Crippen LogP contribution in [0.4, 0.5) is 0 Å². The fourth-order valence-electron chi connectivity index (χ4n) is 2.05. The molecule has 1 atom stereocenters. The van der Waals surface area contributed by atoms with Gasteiger partial charge in [-0.05, 0) is 49.4 Å². The molecule has 0 bridgehead atoms. The lowest BCUT2D eigenvalue weighted by Gasteiger charge is -2.10. The number of aryl methyl sites for hydroxylation is 2. The highest BCUT2D eigenvalue weighted by Gasteiger charge is 2.17. The Hall–Kier alpha value is -1.84. The number of carbonyl (C=O) groups is 2. The Morgan fingerprint density at radius 3 is 2.71 bits per heavy atom. The van der Waals surface area contributed by atoms with Crippen LogP contribution in [0.1, 0.15) is 34.8 Å². The maximum Gasteiger partial charge on any atom is 0.325 e. The van der Waals surface area contributed by atoms with Crippen LogP contribution in [0.25, 0.3) is 0 Å². The molecule has 1 aromatic carbocycles. The summed E-state index contributed by atoms with van der Waals surface area (Å²) < 4.78 is 0. The van der Waals surface area contributed by atoms with Crippen molar-refractivity contribution in [3.05, 3.63) is 34.9 Å². The highest BCUT2D eigenvalue weighted by atomic mass is 16.4. The minimum atomic E-state index is -1.03. The molecule has 0 spiro atoms. The van der Waals surface area contributed by atoms with Crippen LogP contribution in [0.3, 0.4) is 0 Å². The van der Waals surface area contributed by atoms with Gasteiger partial charge in [0.15, 0.2) is 0 Å². The summed E-state index contributed by atoms with van der Waals surface area (Å²) in [6, 6.07) is 4.72. The summed E-state index contributed by atoms with van der Waals surface area (Å²) in [5.74, 6) is -1.35. The molecule has 17 heavy (non-hydrogen) atoms. The summed E-state index contributed by atoms with van der Waals surface area (Å²) in [4.78, 5) is 22.4. The average Bonchev–Trinajstić information content (AvgIpc) is 2.75. The summed E-state index contributed by atoms with van der Waals surface area (Å²) in [5, 5.41) is 11.2. The van der Waals surface area contributed by atoms with E-state index in [9.17, 15) is 9.59 Å². The predicted molar refractivity (Wildman–Crippen MR) is 63.0 cm³/mol. The SMILES string of the molecule is CC(NC(=O)c1ccc2c(c1)CCC2)C(=O)O. The van der Waals surface area contributed by atoms with Crippen molar-refractivity contribution in [1.82, 2.24) is 5.32 Å². The smallest absolute Gasteiger partial charge is 0.325 e. The highest BCUT2D eigenvalue weighted by molar-refractivity contribution is 5.96. The van der Waals surface area contributed by atoms with E-state index in [2.05, 4.69) is 5.32 Å². The van der Waals surface area contributed by atoms with Crippen molar-refractivity contribution in [3.63, 3.8) is 0 Å². The van der Waals surface area contributed by atoms with E-state index in [1.54, 1.807) is 6.07 Å². The van der Waals surface area contributed by atoms with Gasteiger partial charge < -0.3 is 10.4 Å². The Balaban J connectivity index is 2.12. The molecule has 1 aliphatic carbocycles. The normalized spacial score (nSPS) is 15.1. The number of carboxylic acid groups (broad SMARTS) is 1. The maximum atomic E-state index is 11.8. The first kappa shape index (κ1) is 11.6. The number of nitrogens with one attached hydrogen (secondary N) is 1. The molecule has 90 valence electrons. The van der Waals surface area contributed by atoms with E-state index in [1.807, 2.05) is 12.1 Å². The second-order valence-corrected chi connectivity index (χ2v) is 4.37. The second kappa shape index (κ2) is 4.57. The Morgan fingerprint density at radius 1 is 1.29 bits per heavy atom. The first-order valence-corrected chi connectivity index (χ1v) is 5.73. The van der Waals surface area contributed by atoms with Crippen LogP contribution < -0.4 is 5.32 Å². The zero-order valence-corrected chi connectivity index (χ0v) is 9.69. The molecule has 0 saturated heterocycles. The molecule has 1 aliphatic rings. The zero-order valence-electron chi connectivity index (χ0n) is 9.69. The van der Waals surface area contributed by atoms with Gasteiger partial charge >= 0.3 is 5.97 Å². The molecule has 1 amide bonds. The van der Waals surface area contributed by atoms with Crippen LogP contribution in [0.2, 0.25) is 0 Å². The van der Waals surface area contributed by atoms with Gasteiger partial charge in [-0.15, -0.1) is 0 Å². The van der Waals surface area contributed by atoms with Gasteiger partial charge in [-0.25, -0.2) is 0 Å². The molecule has 1 aromatic rings. The lowest BCUT2D eigenvalue weighted by Crippen LogP contribution is -2.38. The van der Waals surface area contributed by atoms with Gasteiger partial charge in [-0.1, -0.05) is 6.07 Å². The molecule has 4 heteroatoms. The fourth-order valence-corrected chi connectivity index (χ4v) is 2.05. The largest absolute Gasteiger partial charge is 0.480 e. The average molecular weight is 233 g/mol. The van der Waals surface area contributed by atoms with Crippen molar-refractivity contribution in [3.8, 4) is 0 Å². The van der Waals surface area contributed by atoms with Crippen LogP contribution >= 0.6 is 0 Å². The van der Waals surface area contributed by atoms with E-state index in [-0.39, 0.29) is 5.91 Å². The topological polar surface area (TPSA) is 66.4 Å². The number of hydrogen-bond donors (Lipinski definition) is 2. The third-order valence-electron chi connectivity index (χ3n) is 3.08. The van der Waals surface area contributed by atoms with Gasteiger partial charge in [-0.2, -0.15) is 0 Å². The van der Waals surface area contributed by atoms with Gasteiger partial charge in [0, 0.05) is 5.56 Å². The predicted octanol–water partition coefficient (Wildman–Crippen LogP) is 1.38. The molecule has 1 unspecified atom stereocenters. The standard InChI is InChI=1S/C13H15NO3/c1-8(13(16)17)14-12(15)11-6-5-9-3-2-4-10(9)7-11/h5-8H,2-4H2,1H3,(H,14,15)(H,16,17). The molecule has 0 aliphatic heterocycles. The lowest BCUT2D eigenvalue weighted by molar-refractivity contribution is -0.138. The molecule has 0 fully saturated rings. The number of carboxylic acids is 1. The maximum absolute atomic E-state index is 11.8. The van der Waals surface area contributed by atoms with E-state index < -0.39 is 12.0 Å². The van der Waals surface area contributed by atoms with Gasteiger partial charge in [0.05, 0.1) is 0 Å². The molecule has 4 nitrogen and oxygen atoms in total. The third kappa shape index (κ3) is 2.46. The minimum absolute atomic E-state index is 0.324. The van der Waals surface area contributed by atoms with Crippen molar-refractivity contribution in [2.24, 2.45) is 0 Å². The second-order valence-electron chi connectivity index (χ2n) is 4.37. The number of benzene rings is 1. The quantitative estimate of drug-likeness (QED) is 0.828. The number of amides is 1. The molecule has 0 saturated carbocycles. The molecule has 0 heterocycles. The Kier molecular flexibility index (Phi) is 3.13. The molecule has 0 radical (unpaired) electrons. The van der Waals surface area contributed by atoms with Crippen molar-refractivity contribution >= 4 is 11.9 Å². The summed E-state index contributed by atoms with van der Waals surface area (Å²) in [5.41, 5.74) is 3.05. The van der Waals surface area contributed by atoms with E-state index in [0.717, 1.165) is 19.3 Å². The van der Waals surface area contributed by atoms with E-state index in [4.69, 9.17) is 5.11 Å². The highest BCUT2D eigenvalue weighted by Crippen LogP contribution is 2.22. The minimum Gasteiger partial charge on any atom is -0.480 e. The zero-order chi connectivity index (χ0) is 12.4. The van der Waals surface area contributed by atoms with Crippen LogP contribution in [-0.2, 0) is 17.6 Å².